The van der Waals surface area contributed by atoms with Crippen molar-refractivity contribution in [2.75, 3.05) is 0 Å². The number of aromatic hydroxyl groups is 3. The second kappa shape index (κ2) is 4.91. The van der Waals surface area contributed by atoms with Crippen molar-refractivity contribution in [2.24, 2.45) is 0 Å². The predicted molar refractivity (Wildman–Crippen MR) is 59.4 cm³/mol. The first-order valence-electron chi connectivity index (χ1n) is 5.31. The molecule has 84 valence electrons. The number of benzene rings is 1. The van der Waals surface area contributed by atoms with Crippen LogP contribution in [0.2, 0.25) is 0 Å². The van der Waals surface area contributed by atoms with Gasteiger partial charge < -0.3 is 15.3 Å². The molecule has 0 saturated heterocycles. The maximum atomic E-state index is 9.51. The molecule has 0 atom stereocenters. The van der Waals surface area contributed by atoms with E-state index < -0.39 is 5.75 Å². The summed E-state index contributed by atoms with van der Waals surface area (Å²) in [7, 11) is 0. The molecule has 0 aliphatic rings. The average Bonchev–Trinajstić information content (AvgIpc) is 2.23. The van der Waals surface area contributed by atoms with Gasteiger partial charge in [0.25, 0.3) is 0 Å². The molecule has 0 aliphatic heterocycles. The Balaban J connectivity index is 2.89. The Kier molecular flexibility index (Phi) is 3.83. The van der Waals surface area contributed by atoms with Crippen LogP contribution in [0.4, 0.5) is 0 Å². The van der Waals surface area contributed by atoms with E-state index in [1.807, 2.05) is 0 Å². The highest BCUT2D eigenvalue weighted by Crippen LogP contribution is 2.39. The van der Waals surface area contributed by atoms with Gasteiger partial charge in [-0.1, -0.05) is 19.8 Å². The molecule has 0 saturated carbocycles. The third-order valence-electron chi connectivity index (χ3n) is 2.66. The fraction of sp³-hybridized carbons (Fsp3) is 0.500. The molecule has 0 aliphatic carbocycles. The summed E-state index contributed by atoms with van der Waals surface area (Å²) < 4.78 is 0. The molecule has 0 heterocycles. The molecule has 0 amide bonds. The molecule has 1 rings (SSSR count). The predicted octanol–water partition coefficient (Wildman–Crippen LogP) is 2.84. The van der Waals surface area contributed by atoms with Crippen LogP contribution >= 0.6 is 0 Å². The maximum absolute atomic E-state index is 9.51. The van der Waals surface area contributed by atoms with E-state index in [4.69, 9.17) is 0 Å². The maximum Gasteiger partial charge on any atom is 0.200 e. The van der Waals surface area contributed by atoms with Gasteiger partial charge in [-0.3, -0.25) is 0 Å². The minimum atomic E-state index is -0.424. The Morgan fingerprint density at radius 1 is 1.07 bits per heavy atom. The van der Waals surface area contributed by atoms with Gasteiger partial charge in [0.1, 0.15) is 0 Å². The van der Waals surface area contributed by atoms with Gasteiger partial charge in [-0.15, -0.1) is 0 Å². The highest BCUT2D eigenvalue weighted by molar-refractivity contribution is 5.56. The highest BCUT2D eigenvalue weighted by Gasteiger charge is 2.12. The van der Waals surface area contributed by atoms with Crippen molar-refractivity contribution in [3.63, 3.8) is 0 Å². The van der Waals surface area contributed by atoms with Gasteiger partial charge in [-0.2, -0.15) is 0 Å². The Hall–Kier alpha value is -1.38. The van der Waals surface area contributed by atoms with Crippen molar-refractivity contribution in [1.29, 1.82) is 0 Å². The number of hydrogen-bond acceptors (Lipinski definition) is 3. The van der Waals surface area contributed by atoms with Crippen LogP contribution in [0.5, 0.6) is 17.2 Å². The first-order chi connectivity index (χ1) is 7.07. The van der Waals surface area contributed by atoms with E-state index in [0.29, 0.717) is 5.56 Å². The van der Waals surface area contributed by atoms with Crippen LogP contribution in [0.1, 0.15) is 37.3 Å². The zero-order valence-electron chi connectivity index (χ0n) is 9.25. The van der Waals surface area contributed by atoms with Crippen molar-refractivity contribution >= 4 is 0 Å². The third-order valence-corrected chi connectivity index (χ3v) is 2.66. The Labute approximate surface area is 90.0 Å². The molecule has 0 spiro atoms. The Morgan fingerprint density at radius 2 is 1.73 bits per heavy atom. The molecule has 0 unspecified atom stereocenters. The van der Waals surface area contributed by atoms with E-state index in [1.54, 1.807) is 6.92 Å². The van der Waals surface area contributed by atoms with Crippen molar-refractivity contribution in [3.8, 4) is 17.2 Å². The van der Waals surface area contributed by atoms with E-state index in [0.717, 1.165) is 31.2 Å². The zero-order chi connectivity index (χ0) is 11.4. The molecule has 3 heteroatoms. The van der Waals surface area contributed by atoms with E-state index in [1.165, 1.54) is 6.07 Å². The molecule has 3 N–H and O–H groups in total. The van der Waals surface area contributed by atoms with Gasteiger partial charge in [0.05, 0.1) is 0 Å². The highest BCUT2D eigenvalue weighted by atomic mass is 16.3. The van der Waals surface area contributed by atoms with Gasteiger partial charge in [-0.05, 0) is 37.0 Å². The Bertz CT molecular complexity index is 345. The van der Waals surface area contributed by atoms with Crippen molar-refractivity contribution in [1.82, 2.24) is 0 Å². The summed E-state index contributed by atoms with van der Waals surface area (Å²) in [6, 6.07) is 1.53. The second-order valence-electron chi connectivity index (χ2n) is 3.83. The minimum absolute atomic E-state index is 0.207. The fourth-order valence-corrected chi connectivity index (χ4v) is 1.62. The summed E-state index contributed by atoms with van der Waals surface area (Å²) in [6.07, 6.45) is 4.11. The van der Waals surface area contributed by atoms with Crippen molar-refractivity contribution in [2.45, 2.75) is 39.5 Å². The quantitative estimate of drug-likeness (QED) is 0.529. The standard InChI is InChI=1S/C12H18O3/c1-3-4-5-6-9-7-10(13)12(15)11(14)8(9)2/h7,13-15H,3-6H2,1-2H3. The molecule has 0 radical (unpaired) electrons. The van der Waals surface area contributed by atoms with E-state index in [-0.39, 0.29) is 11.5 Å². The monoisotopic (exact) mass is 210 g/mol. The van der Waals surface area contributed by atoms with Crippen LogP contribution in [0, 0.1) is 6.92 Å². The molecule has 1 aromatic rings. The van der Waals surface area contributed by atoms with Crippen LogP contribution in [-0.4, -0.2) is 15.3 Å². The smallest absolute Gasteiger partial charge is 0.200 e. The summed E-state index contributed by atoms with van der Waals surface area (Å²) >= 11 is 0. The molecular weight excluding hydrogens is 192 g/mol. The van der Waals surface area contributed by atoms with Crippen molar-refractivity contribution < 1.29 is 15.3 Å². The number of unbranched alkanes of at least 4 members (excludes halogenated alkanes) is 2. The van der Waals surface area contributed by atoms with Gasteiger partial charge in [-0.25, -0.2) is 0 Å². The summed E-state index contributed by atoms with van der Waals surface area (Å²) in [5.41, 5.74) is 1.55. The molecule has 15 heavy (non-hydrogen) atoms. The lowest BCUT2D eigenvalue weighted by Crippen LogP contribution is -1.91. The molecule has 0 aromatic heterocycles. The van der Waals surface area contributed by atoms with Crippen molar-refractivity contribution in [3.05, 3.63) is 17.2 Å². The summed E-state index contributed by atoms with van der Waals surface area (Å²) in [5, 5.41) is 28.1. The Morgan fingerprint density at radius 3 is 2.33 bits per heavy atom. The molecule has 0 fully saturated rings. The van der Waals surface area contributed by atoms with Crippen LogP contribution in [-0.2, 0) is 6.42 Å². The number of phenols is 3. The lowest BCUT2D eigenvalue weighted by atomic mass is 10.0. The summed E-state index contributed by atoms with van der Waals surface area (Å²) in [4.78, 5) is 0. The summed E-state index contributed by atoms with van der Waals surface area (Å²) in [5.74, 6) is -0.877. The van der Waals surface area contributed by atoms with Crippen LogP contribution in [0.25, 0.3) is 0 Å². The van der Waals surface area contributed by atoms with Crippen LogP contribution in [0.15, 0.2) is 6.07 Å². The van der Waals surface area contributed by atoms with Crippen LogP contribution < -0.4 is 0 Å². The second-order valence-corrected chi connectivity index (χ2v) is 3.83. The number of aryl methyl sites for hydroxylation is 1. The number of rotatable bonds is 4. The fourth-order valence-electron chi connectivity index (χ4n) is 1.62. The molecule has 3 nitrogen and oxygen atoms in total. The lowest BCUT2D eigenvalue weighted by molar-refractivity contribution is 0.365. The topological polar surface area (TPSA) is 60.7 Å². The lowest BCUT2D eigenvalue weighted by Gasteiger charge is -2.10. The van der Waals surface area contributed by atoms with E-state index in [9.17, 15) is 15.3 Å². The summed E-state index contributed by atoms with van der Waals surface area (Å²) in [6.45, 7) is 3.87. The first kappa shape index (κ1) is 11.7. The van der Waals surface area contributed by atoms with E-state index in [2.05, 4.69) is 6.92 Å². The third kappa shape index (κ3) is 2.55. The SMILES string of the molecule is CCCCCc1cc(O)c(O)c(O)c1C. The number of phenolic OH excluding ortho intramolecular Hbond substituents is 3. The normalized spacial score (nSPS) is 10.5. The zero-order valence-corrected chi connectivity index (χ0v) is 9.25. The van der Waals surface area contributed by atoms with Gasteiger partial charge in [0.2, 0.25) is 5.75 Å². The van der Waals surface area contributed by atoms with Gasteiger partial charge in [0, 0.05) is 0 Å². The van der Waals surface area contributed by atoms with E-state index >= 15 is 0 Å². The van der Waals surface area contributed by atoms with Gasteiger partial charge in [0.15, 0.2) is 11.5 Å². The largest absolute Gasteiger partial charge is 0.504 e. The first-order valence-corrected chi connectivity index (χ1v) is 5.31. The van der Waals surface area contributed by atoms with Crippen LogP contribution in [0.3, 0.4) is 0 Å². The molecular formula is C12H18O3. The molecule has 1 aromatic carbocycles. The minimum Gasteiger partial charge on any atom is -0.504 e. The van der Waals surface area contributed by atoms with Gasteiger partial charge >= 0.3 is 0 Å². The molecule has 0 bridgehead atoms. The average molecular weight is 210 g/mol. The number of hydrogen-bond donors (Lipinski definition) is 3.